The Morgan fingerprint density at radius 1 is 0.865 bits per heavy atom. The summed E-state index contributed by atoms with van der Waals surface area (Å²) in [6.07, 6.45) is 0. The molecule has 3 aromatic carbocycles. The van der Waals surface area contributed by atoms with Crippen LogP contribution < -0.4 is 10.0 Å². The zero-order valence-corrected chi connectivity index (χ0v) is 21.3. The van der Waals surface area contributed by atoms with Crippen molar-refractivity contribution in [3.63, 3.8) is 0 Å². The van der Waals surface area contributed by atoms with E-state index in [-0.39, 0.29) is 53.2 Å². The molecule has 1 amide bonds. The van der Waals surface area contributed by atoms with Crippen LogP contribution in [0.25, 0.3) is 0 Å². The SMILES string of the molecule is O=C(Nc1cc(S(=O)(=O)N2CCOCC2)ccc1Cl)c1ccc(NS(=O)(=O)c2ccc(F)c(F)c2)cc1. The van der Waals surface area contributed by atoms with Gasteiger partial charge in [0.2, 0.25) is 10.0 Å². The fraction of sp³-hybridized carbons (Fsp3) is 0.174. The molecule has 37 heavy (non-hydrogen) atoms. The van der Waals surface area contributed by atoms with Gasteiger partial charge in [-0.2, -0.15) is 4.31 Å². The molecule has 1 saturated heterocycles. The highest BCUT2D eigenvalue weighted by Crippen LogP contribution is 2.28. The molecule has 0 aliphatic carbocycles. The summed E-state index contributed by atoms with van der Waals surface area (Å²) in [6.45, 7) is 0.977. The van der Waals surface area contributed by atoms with Gasteiger partial charge >= 0.3 is 0 Å². The fourth-order valence-corrected chi connectivity index (χ4v) is 6.11. The van der Waals surface area contributed by atoms with Gasteiger partial charge < -0.3 is 10.1 Å². The van der Waals surface area contributed by atoms with Crippen LogP contribution in [-0.2, 0) is 24.8 Å². The summed E-state index contributed by atoms with van der Waals surface area (Å²) in [5.74, 6) is -3.12. The first-order valence-corrected chi connectivity index (χ1v) is 14.0. The molecule has 1 aliphatic heterocycles. The summed E-state index contributed by atoms with van der Waals surface area (Å²) in [4.78, 5) is 12.2. The number of anilines is 2. The van der Waals surface area contributed by atoms with Gasteiger partial charge in [0.25, 0.3) is 15.9 Å². The van der Waals surface area contributed by atoms with Crippen LogP contribution in [0.3, 0.4) is 0 Å². The van der Waals surface area contributed by atoms with E-state index in [0.717, 1.165) is 6.07 Å². The number of sulfonamides is 2. The lowest BCUT2D eigenvalue weighted by Crippen LogP contribution is -2.40. The lowest BCUT2D eigenvalue weighted by molar-refractivity contribution is 0.0730. The minimum atomic E-state index is -4.21. The van der Waals surface area contributed by atoms with E-state index in [1.165, 1.54) is 46.8 Å². The standard InChI is InChI=1S/C23H20ClF2N3O6S2/c24-19-7-5-18(37(33,34)29-9-11-35-12-10-29)14-22(19)27-23(30)15-1-3-16(4-2-15)28-36(31,32)17-6-8-20(25)21(26)13-17/h1-8,13-14,28H,9-12H2,(H,27,30). The van der Waals surface area contributed by atoms with Gasteiger partial charge in [0.15, 0.2) is 11.6 Å². The molecule has 0 bridgehead atoms. The Kier molecular flexibility index (Phi) is 7.80. The van der Waals surface area contributed by atoms with Crippen LogP contribution in [0.4, 0.5) is 20.2 Å². The van der Waals surface area contributed by atoms with Crippen molar-refractivity contribution in [3.05, 3.63) is 82.9 Å². The molecule has 0 spiro atoms. The van der Waals surface area contributed by atoms with Crippen molar-refractivity contribution in [1.29, 1.82) is 0 Å². The molecule has 14 heteroatoms. The maximum absolute atomic E-state index is 13.4. The highest BCUT2D eigenvalue weighted by molar-refractivity contribution is 7.92. The van der Waals surface area contributed by atoms with E-state index < -0.39 is 42.5 Å². The first kappa shape index (κ1) is 26.9. The second-order valence-corrected chi connectivity index (χ2v) is 11.9. The largest absolute Gasteiger partial charge is 0.379 e. The van der Waals surface area contributed by atoms with Crippen molar-refractivity contribution in [2.45, 2.75) is 9.79 Å². The molecule has 0 atom stereocenters. The quantitative estimate of drug-likeness (QED) is 0.446. The molecule has 0 unspecified atom stereocenters. The smallest absolute Gasteiger partial charge is 0.261 e. The Bertz CT molecular complexity index is 1550. The van der Waals surface area contributed by atoms with Crippen LogP contribution in [0.5, 0.6) is 0 Å². The van der Waals surface area contributed by atoms with Gasteiger partial charge in [-0.25, -0.2) is 25.6 Å². The molecule has 3 aromatic rings. The number of nitrogens with zero attached hydrogens (tertiary/aromatic N) is 1. The van der Waals surface area contributed by atoms with Gasteiger partial charge in [-0.3, -0.25) is 9.52 Å². The Hall–Kier alpha value is -3.10. The average molecular weight is 572 g/mol. The van der Waals surface area contributed by atoms with Crippen LogP contribution in [0.2, 0.25) is 5.02 Å². The zero-order chi connectivity index (χ0) is 26.8. The molecule has 0 saturated carbocycles. The van der Waals surface area contributed by atoms with Crippen LogP contribution in [0, 0.1) is 11.6 Å². The van der Waals surface area contributed by atoms with Crippen LogP contribution in [0.15, 0.2) is 70.5 Å². The Morgan fingerprint density at radius 2 is 1.51 bits per heavy atom. The van der Waals surface area contributed by atoms with E-state index >= 15 is 0 Å². The van der Waals surface area contributed by atoms with E-state index in [2.05, 4.69) is 10.0 Å². The first-order chi connectivity index (χ1) is 17.5. The summed E-state index contributed by atoms with van der Waals surface area (Å²) < 4.78 is 85.9. The van der Waals surface area contributed by atoms with Gasteiger partial charge in [-0.1, -0.05) is 11.6 Å². The van der Waals surface area contributed by atoms with Gasteiger partial charge in [-0.05, 0) is 60.7 Å². The minimum Gasteiger partial charge on any atom is -0.379 e. The summed E-state index contributed by atoms with van der Waals surface area (Å²) in [6, 6.07) is 11.4. The van der Waals surface area contributed by atoms with Crippen molar-refractivity contribution in [2.24, 2.45) is 0 Å². The minimum absolute atomic E-state index is 0.0453. The topological polar surface area (TPSA) is 122 Å². The number of rotatable bonds is 7. The zero-order valence-electron chi connectivity index (χ0n) is 18.9. The van der Waals surface area contributed by atoms with Crippen molar-refractivity contribution in [2.75, 3.05) is 36.3 Å². The van der Waals surface area contributed by atoms with E-state index in [9.17, 15) is 30.4 Å². The summed E-state index contributed by atoms with van der Waals surface area (Å²) in [7, 11) is -8.03. The van der Waals surface area contributed by atoms with Crippen LogP contribution >= 0.6 is 11.6 Å². The number of ether oxygens (including phenoxy) is 1. The third-order valence-electron chi connectivity index (χ3n) is 5.39. The van der Waals surface area contributed by atoms with E-state index in [4.69, 9.17) is 16.3 Å². The summed E-state index contributed by atoms with van der Waals surface area (Å²) in [5, 5.41) is 2.67. The second kappa shape index (κ2) is 10.7. The van der Waals surface area contributed by atoms with Crippen molar-refractivity contribution in [1.82, 2.24) is 4.31 Å². The number of amides is 1. The molecule has 1 aliphatic rings. The lowest BCUT2D eigenvalue weighted by atomic mass is 10.2. The van der Waals surface area contributed by atoms with Gasteiger partial charge in [0, 0.05) is 24.3 Å². The number of halogens is 3. The molecule has 2 N–H and O–H groups in total. The van der Waals surface area contributed by atoms with E-state index in [0.29, 0.717) is 12.1 Å². The van der Waals surface area contributed by atoms with E-state index in [1.807, 2.05) is 0 Å². The molecule has 4 rings (SSSR count). The molecule has 0 radical (unpaired) electrons. The molecule has 196 valence electrons. The van der Waals surface area contributed by atoms with Crippen LogP contribution in [0.1, 0.15) is 10.4 Å². The number of carbonyl (C=O) groups excluding carboxylic acids is 1. The molecule has 1 fully saturated rings. The maximum atomic E-state index is 13.4. The molecular formula is C23H20ClF2N3O6S2. The Balaban J connectivity index is 1.48. The highest BCUT2D eigenvalue weighted by atomic mass is 35.5. The summed E-state index contributed by atoms with van der Waals surface area (Å²) >= 11 is 6.17. The van der Waals surface area contributed by atoms with Crippen molar-refractivity contribution >= 4 is 48.9 Å². The molecule has 9 nitrogen and oxygen atoms in total. The first-order valence-electron chi connectivity index (χ1n) is 10.7. The summed E-state index contributed by atoms with van der Waals surface area (Å²) in [5.41, 5.74) is 0.260. The number of morpholine rings is 1. The normalized spacial score (nSPS) is 14.8. The third kappa shape index (κ3) is 6.08. The van der Waals surface area contributed by atoms with E-state index in [1.54, 1.807) is 0 Å². The predicted molar refractivity (Wildman–Crippen MR) is 133 cm³/mol. The molecular weight excluding hydrogens is 552 g/mol. The molecule has 1 heterocycles. The molecule has 0 aromatic heterocycles. The van der Waals surface area contributed by atoms with Crippen LogP contribution in [-0.4, -0.2) is 53.4 Å². The number of benzene rings is 3. The number of hydrogen-bond acceptors (Lipinski definition) is 6. The fourth-order valence-electron chi connectivity index (χ4n) is 3.44. The maximum Gasteiger partial charge on any atom is 0.261 e. The average Bonchev–Trinajstić information content (AvgIpc) is 2.87. The number of carbonyl (C=O) groups is 1. The Labute approximate surface area is 217 Å². The number of nitrogens with one attached hydrogen (secondary N) is 2. The van der Waals surface area contributed by atoms with Crippen molar-refractivity contribution in [3.8, 4) is 0 Å². The Morgan fingerprint density at radius 3 is 2.16 bits per heavy atom. The lowest BCUT2D eigenvalue weighted by Gasteiger charge is -2.26. The van der Waals surface area contributed by atoms with Gasteiger partial charge in [0.05, 0.1) is 33.7 Å². The highest BCUT2D eigenvalue weighted by Gasteiger charge is 2.27. The monoisotopic (exact) mass is 571 g/mol. The number of hydrogen-bond donors (Lipinski definition) is 2. The van der Waals surface area contributed by atoms with Gasteiger partial charge in [-0.15, -0.1) is 0 Å². The van der Waals surface area contributed by atoms with Crippen molar-refractivity contribution < 1.29 is 35.1 Å². The second-order valence-electron chi connectivity index (χ2n) is 7.87. The van der Waals surface area contributed by atoms with Gasteiger partial charge in [0.1, 0.15) is 0 Å². The predicted octanol–water partition coefficient (Wildman–Crippen LogP) is 3.69. The third-order valence-corrected chi connectivity index (χ3v) is 9.00.